The Morgan fingerprint density at radius 1 is 1.34 bits per heavy atom. The van der Waals surface area contributed by atoms with E-state index in [2.05, 4.69) is 27.1 Å². The van der Waals surface area contributed by atoms with Gasteiger partial charge in [0.25, 0.3) is 5.56 Å². The van der Waals surface area contributed by atoms with Gasteiger partial charge in [-0.1, -0.05) is 42.0 Å². The predicted molar refractivity (Wildman–Crippen MR) is 116 cm³/mol. The van der Waals surface area contributed by atoms with Gasteiger partial charge in [0.15, 0.2) is 10.8 Å². The van der Waals surface area contributed by atoms with Gasteiger partial charge >= 0.3 is 0 Å². The van der Waals surface area contributed by atoms with Gasteiger partial charge in [0.2, 0.25) is 5.91 Å². The summed E-state index contributed by atoms with van der Waals surface area (Å²) in [6.07, 6.45) is 3.75. The number of benzene rings is 1. The van der Waals surface area contributed by atoms with Crippen LogP contribution < -0.4 is 15.8 Å². The Bertz CT molecular complexity index is 1080. The van der Waals surface area contributed by atoms with Crippen LogP contribution in [-0.2, 0) is 17.9 Å². The standard InChI is InChI=1S/C20H22ClN5O2S/c1-13-3-2-8-25(10-13)20-24-18-17(29-20)19(28)26(12-23-18)11-16(27)22-9-14-4-6-15(21)7-5-14/h4-7,12-13H,2-3,8-11H2,1H3,(H,22,27). The minimum atomic E-state index is -0.252. The van der Waals surface area contributed by atoms with Crippen molar-refractivity contribution in [1.29, 1.82) is 0 Å². The third kappa shape index (κ3) is 4.59. The van der Waals surface area contributed by atoms with Gasteiger partial charge in [-0.25, -0.2) is 4.98 Å². The molecule has 1 atom stereocenters. The largest absolute Gasteiger partial charge is 0.350 e. The van der Waals surface area contributed by atoms with Crippen LogP contribution in [0.3, 0.4) is 0 Å². The molecule has 0 spiro atoms. The van der Waals surface area contributed by atoms with E-state index in [4.69, 9.17) is 11.6 Å². The van der Waals surface area contributed by atoms with Crippen molar-refractivity contribution >= 4 is 44.3 Å². The molecule has 4 rings (SSSR count). The number of piperidine rings is 1. The lowest BCUT2D eigenvalue weighted by molar-refractivity contribution is -0.121. The van der Waals surface area contributed by atoms with Crippen LogP contribution in [0.5, 0.6) is 0 Å². The van der Waals surface area contributed by atoms with Gasteiger partial charge in [0, 0.05) is 24.7 Å². The van der Waals surface area contributed by atoms with E-state index in [9.17, 15) is 9.59 Å². The summed E-state index contributed by atoms with van der Waals surface area (Å²) in [7, 11) is 0. The molecule has 1 aromatic carbocycles. The molecule has 1 amide bonds. The summed E-state index contributed by atoms with van der Waals surface area (Å²) in [5, 5.41) is 4.30. The number of aromatic nitrogens is 3. The molecule has 29 heavy (non-hydrogen) atoms. The number of nitrogens with zero attached hydrogens (tertiary/aromatic N) is 4. The molecule has 7 nitrogen and oxygen atoms in total. The number of fused-ring (bicyclic) bond motifs is 1. The van der Waals surface area contributed by atoms with Crippen LogP contribution in [0.1, 0.15) is 25.3 Å². The molecule has 3 aromatic rings. The zero-order valence-electron chi connectivity index (χ0n) is 16.1. The van der Waals surface area contributed by atoms with Crippen LogP contribution in [0, 0.1) is 5.92 Å². The van der Waals surface area contributed by atoms with Crippen LogP contribution in [0.4, 0.5) is 5.13 Å². The smallest absolute Gasteiger partial charge is 0.273 e. The van der Waals surface area contributed by atoms with Crippen molar-refractivity contribution in [2.24, 2.45) is 5.92 Å². The van der Waals surface area contributed by atoms with Gasteiger partial charge < -0.3 is 10.2 Å². The van der Waals surface area contributed by atoms with Gasteiger partial charge in [-0.3, -0.25) is 14.2 Å². The van der Waals surface area contributed by atoms with E-state index < -0.39 is 0 Å². The Labute approximate surface area is 177 Å². The lowest BCUT2D eigenvalue weighted by Gasteiger charge is -2.30. The highest BCUT2D eigenvalue weighted by atomic mass is 35.5. The highest BCUT2D eigenvalue weighted by Gasteiger charge is 2.21. The molecule has 1 aliphatic rings. The number of carbonyl (C=O) groups is 1. The molecule has 0 bridgehead atoms. The van der Waals surface area contributed by atoms with E-state index in [1.807, 2.05) is 12.1 Å². The average molecular weight is 432 g/mol. The molecular formula is C20H22ClN5O2S. The number of amides is 1. The molecule has 9 heteroatoms. The van der Waals surface area contributed by atoms with Crippen LogP contribution in [-0.4, -0.2) is 33.5 Å². The zero-order chi connectivity index (χ0) is 20.4. The number of hydrogen-bond acceptors (Lipinski definition) is 6. The molecular weight excluding hydrogens is 410 g/mol. The van der Waals surface area contributed by atoms with Crippen molar-refractivity contribution in [3.63, 3.8) is 0 Å². The van der Waals surface area contributed by atoms with Crippen molar-refractivity contribution in [1.82, 2.24) is 19.9 Å². The van der Waals surface area contributed by atoms with Crippen molar-refractivity contribution in [2.45, 2.75) is 32.9 Å². The molecule has 1 unspecified atom stereocenters. The second-order valence-corrected chi connectivity index (χ2v) is 8.84. The molecule has 0 aliphatic carbocycles. The van der Waals surface area contributed by atoms with Gasteiger partial charge in [0.1, 0.15) is 17.6 Å². The first-order valence-corrected chi connectivity index (χ1v) is 10.8. The number of rotatable bonds is 5. The summed E-state index contributed by atoms with van der Waals surface area (Å²) in [5.74, 6) is 0.363. The normalized spacial score (nSPS) is 16.9. The maximum atomic E-state index is 12.8. The Morgan fingerprint density at radius 2 is 2.14 bits per heavy atom. The first-order chi connectivity index (χ1) is 14.0. The number of nitrogens with one attached hydrogen (secondary N) is 1. The lowest BCUT2D eigenvalue weighted by Crippen LogP contribution is -2.34. The predicted octanol–water partition coefficient (Wildman–Crippen LogP) is 3.06. The maximum Gasteiger partial charge on any atom is 0.273 e. The van der Waals surface area contributed by atoms with Gasteiger partial charge in [-0.15, -0.1) is 0 Å². The van der Waals surface area contributed by atoms with Gasteiger partial charge in [-0.05, 0) is 36.5 Å². The van der Waals surface area contributed by atoms with Gasteiger partial charge in [0.05, 0.1) is 0 Å². The van der Waals surface area contributed by atoms with Crippen LogP contribution in [0.25, 0.3) is 10.3 Å². The van der Waals surface area contributed by atoms with Crippen LogP contribution in [0.15, 0.2) is 35.4 Å². The number of thiazole rings is 1. The Morgan fingerprint density at radius 3 is 2.90 bits per heavy atom. The molecule has 1 saturated heterocycles. The fourth-order valence-corrected chi connectivity index (χ4v) is 4.59. The maximum absolute atomic E-state index is 12.8. The van der Waals surface area contributed by atoms with Crippen molar-refractivity contribution in [2.75, 3.05) is 18.0 Å². The molecule has 1 aliphatic heterocycles. The topological polar surface area (TPSA) is 80.1 Å². The number of halogens is 1. The summed E-state index contributed by atoms with van der Waals surface area (Å²) in [5.41, 5.74) is 1.16. The van der Waals surface area contributed by atoms with E-state index in [0.29, 0.717) is 27.8 Å². The minimum Gasteiger partial charge on any atom is -0.350 e. The molecule has 2 aromatic heterocycles. The van der Waals surface area contributed by atoms with E-state index >= 15 is 0 Å². The fraction of sp³-hybridized carbons (Fsp3) is 0.400. The van der Waals surface area contributed by atoms with Crippen molar-refractivity contribution in [3.05, 3.63) is 51.5 Å². The summed E-state index contributed by atoms with van der Waals surface area (Å²) < 4.78 is 1.83. The van der Waals surface area contributed by atoms with Crippen molar-refractivity contribution < 1.29 is 4.79 Å². The van der Waals surface area contributed by atoms with Crippen molar-refractivity contribution in [3.8, 4) is 0 Å². The Hall–Kier alpha value is -2.45. The molecule has 152 valence electrons. The fourth-order valence-electron chi connectivity index (χ4n) is 3.46. The van der Waals surface area contributed by atoms with E-state index in [-0.39, 0.29) is 18.0 Å². The number of anilines is 1. The minimum absolute atomic E-state index is 0.0800. The molecule has 3 heterocycles. The molecule has 0 saturated carbocycles. The van der Waals surface area contributed by atoms with E-state index in [0.717, 1.165) is 30.2 Å². The van der Waals surface area contributed by atoms with E-state index in [1.54, 1.807) is 12.1 Å². The van der Waals surface area contributed by atoms with Crippen LogP contribution in [0.2, 0.25) is 5.02 Å². The summed E-state index contributed by atoms with van der Waals surface area (Å²) in [6, 6.07) is 7.25. The third-order valence-corrected chi connectivity index (χ3v) is 6.36. The zero-order valence-corrected chi connectivity index (χ0v) is 17.7. The summed E-state index contributed by atoms with van der Waals surface area (Å²) in [4.78, 5) is 36.2. The van der Waals surface area contributed by atoms with Gasteiger partial charge in [-0.2, -0.15) is 4.98 Å². The second kappa shape index (κ2) is 8.51. The summed E-state index contributed by atoms with van der Waals surface area (Å²) >= 11 is 7.23. The van der Waals surface area contributed by atoms with Crippen LogP contribution >= 0.6 is 22.9 Å². The molecule has 0 radical (unpaired) electrons. The van der Waals surface area contributed by atoms with E-state index in [1.165, 1.54) is 28.7 Å². The SMILES string of the molecule is CC1CCCN(c2nc3ncn(CC(=O)NCc4ccc(Cl)cc4)c(=O)c3s2)C1. The highest BCUT2D eigenvalue weighted by molar-refractivity contribution is 7.22. The Kier molecular flexibility index (Phi) is 5.82. The quantitative estimate of drug-likeness (QED) is 0.671. The third-order valence-electron chi connectivity index (χ3n) is 5.02. The Balaban J connectivity index is 1.46. The molecule has 1 N–H and O–H groups in total. The summed E-state index contributed by atoms with van der Waals surface area (Å²) in [6.45, 7) is 4.42. The second-order valence-electron chi connectivity index (χ2n) is 7.42. The number of hydrogen-bond donors (Lipinski definition) is 1. The first-order valence-electron chi connectivity index (χ1n) is 9.61. The molecule has 1 fully saturated rings. The first kappa shape index (κ1) is 19.8. The lowest BCUT2D eigenvalue weighted by atomic mass is 10.0. The highest BCUT2D eigenvalue weighted by Crippen LogP contribution is 2.29. The number of carbonyl (C=O) groups excluding carboxylic acids is 1. The average Bonchev–Trinajstić information content (AvgIpc) is 3.15. The monoisotopic (exact) mass is 431 g/mol.